The Morgan fingerprint density at radius 3 is 0.771 bits per heavy atom. The molecule has 83 heavy (non-hydrogen) atoms. The lowest BCUT2D eigenvalue weighted by Crippen LogP contribution is -2.28. The molecular formula is C80H156O3. The van der Waals surface area contributed by atoms with Crippen molar-refractivity contribution in [3.63, 3.8) is 0 Å². The molecule has 0 heterocycles. The first-order valence-corrected chi connectivity index (χ1v) is 39.9. The van der Waals surface area contributed by atoms with E-state index in [4.69, 9.17) is 0 Å². The van der Waals surface area contributed by atoms with Crippen molar-refractivity contribution < 1.29 is 15.0 Å². The second-order valence-corrected chi connectivity index (χ2v) is 29.5. The minimum absolute atomic E-state index is 0.581. The Kier molecular flexibility index (Phi) is 58.3. The standard InChI is InChI=1S/C80H156O3/c1-4-6-8-10-12-14-16-18-20-22-23-24-25-29-33-37-45-51-57-63-69-77(80(82)83)79(81)70-64-58-52-46-38-34-30-26-28-32-36-44-50-56-62-68-76-72-78(76)73(3)65-59-53-47-41-39-40-43-49-55-61-67-75-71-74(75)66-60-54-48-42-35-31-27-21-19-17-15-13-11-9-7-5-2/h73-79,81H,4-72H2,1-3H3,(H,82,83)/t73-,74+,75+,76+,77+,78-,79-/m1/s1. The lowest BCUT2D eigenvalue weighted by Gasteiger charge is -2.19. The van der Waals surface area contributed by atoms with Gasteiger partial charge < -0.3 is 10.2 Å². The van der Waals surface area contributed by atoms with Crippen LogP contribution in [0.25, 0.3) is 0 Å². The summed E-state index contributed by atoms with van der Waals surface area (Å²) in [7, 11) is 0. The molecule has 0 aromatic rings. The maximum atomic E-state index is 12.0. The third-order valence-electron chi connectivity index (χ3n) is 21.4. The fourth-order valence-corrected chi connectivity index (χ4v) is 15.1. The van der Waals surface area contributed by atoms with E-state index in [0.29, 0.717) is 12.8 Å². The lowest BCUT2D eigenvalue weighted by atomic mass is 9.91. The maximum Gasteiger partial charge on any atom is 0.309 e. The Morgan fingerprint density at radius 2 is 0.506 bits per heavy atom. The summed E-state index contributed by atoms with van der Waals surface area (Å²) in [5.74, 6) is 3.96. The molecule has 3 heteroatoms. The second-order valence-electron chi connectivity index (χ2n) is 29.5. The summed E-state index contributed by atoms with van der Waals surface area (Å²) in [4.78, 5) is 12.0. The number of carboxylic acids is 1. The van der Waals surface area contributed by atoms with Crippen molar-refractivity contribution in [2.75, 3.05) is 0 Å². The first-order valence-electron chi connectivity index (χ1n) is 39.9. The van der Waals surface area contributed by atoms with Crippen molar-refractivity contribution in [3.8, 4) is 0 Å². The van der Waals surface area contributed by atoms with Gasteiger partial charge in [0.15, 0.2) is 0 Å². The fourth-order valence-electron chi connectivity index (χ4n) is 15.1. The highest BCUT2D eigenvalue weighted by molar-refractivity contribution is 5.70. The molecule has 0 radical (unpaired) electrons. The number of carboxylic acid groups (broad SMARTS) is 1. The molecule has 0 saturated heterocycles. The van der Waals surface area contributed by atoms with Crippen molar-refractivity contribution in [2.24, 2.45) is 35.5 Å². The maximum absolute atomic E-state index is 12.0. The van der Waals surface area contributed by atoms with Crippen LogP contribution < -0.4 is 0 Å². The van der Waals surface area contributed by atoms with Crippen LogP contribution in [0.1, 0.15) is 464 Å². The SMILES string of the molecule is CCCCCCCCCCCCCCCCCCCCCC[C@H](C(=O)O)[C@H](O)CCCCCCCCCCCCCCCCC[C@H]1C[C@@H]1[C@H](C)CCCCCCCCCCCC[C@H]1C[C@@H]1CCCCCCCCCCCCCCCCCC. The van der Waals surface area contributed by atoms with Crippen molar-refractivity contribution in [1.82, 2.24) is 0 Å². The van der Waals surface area contributed by atoms with Crippen molar-refractivity contribution in [2.45, 2.75) is 470 Å². The monoisotopic (exact) mass is 1170 g/mol. The van der Waals surface area contributed by atoms with Gasteiger partial charge in [0.25, 0.3) is 0 Å². The van der Waals surface area contributed by atoms with Gasteiger partial charge in [-0.2, -0.15) is 0 Å². The summed E-state index contributed by atoms with van der Waals surface area (Å²) in [6.45, 7) is 7.19. The topological polar surface area (TPSA) is 57.5 Å². The van der Waals surface area contributed by atoms with Gasteiger partial charge in [-0.3, -0.25) is 4.79 Å². The molecule has 3 nitrogen and oxygen atoms in total. The van der Waals surface area contributed by atoms with Crippen LogP contribution in [-0.4, -0.2) is 22.3 Å². The molecule has 494 valence electrons. The van der Waals surface area contributed by atoms with Crippen LogP contribution in [0, 0.1) is 35.5 Å². The zero-order chi connectivity index (χ0) is 59.4. The Morgan fingerprint density at radius 1 is 0.289 bits per heavy atom. The van der Waals surface area contributed by atoms with Gasteiger partial charge in [0.1, 0.15) is 0 Å². The van der Waals surface area contributed by atoms with Gasteiger partial charge in [-0.15, -0.1) is 0 Å². The van der Waals surface area contributed by atoms with E-state index < -0.39 is 18.0 Å². The van der Waals surface area contributed by atoms with Crippen molar-refractivity contribution in [3.05, 3.63) is 0 Å². The molecule has 2 aliphatic carbocycles. The van der Waals surface area contributed by atoms with Gasteiger partial charge in [0.2, 0.25) is 0 Å². The molecule has 2 fully saturated rings. The van der Waals surface area contributed by atoms with Gasteiger partial charge in [-0.05, 0) is 55.3 Å². The number of hydrogen-bond acceptors (Lipinski definition) is 2. The lowest BCUT2D eigenvalue weighted by molar-refractivity contribution is -0.146. The summed E-state index contributed by atoms with van der Waals surface area (Å²) in [6, 6.07) is 0. The third kappa shape index (κ3) is 53.0. The zero-order valence-corrected chi connectivity index (χ0v) is 57.6. The zero-order valence-electron chi connectivity index (χ0n) is 57.6. The predicted octanol–water partition coefficient (Wildman–Crippen LogP) is 28.1. The van der Waals surface area contributed by atoms with E-state index in [1.54, 1.807) is 25.7 Å². The summed E-state index contributed by atoms with van der Waals surface area (Å²) in [5, 5.41) is 20.6. The Balaban J connectivity index is 1.21. The normalized spacial score (nSPS) is 17.8. The molecular weight excluding hydrogens is 1010 g/mol. The number of aliphatic hydroxyl groups is 1. The molecule has 2 N–H and O–H groups in total. The van der Waals surface area contributed by atoms with Gasteiger partial charge in [0, 0.05) is 0 Å². The largest absolute Gasteiger partial charge is 0.481 e. The van der Waals surface area contributed by atoms with Gasteiger partial charge in [-0.25, -0.2) is 0 Å². The fraction of sp³-hybridized carbons (Fsp3) is 0.988. The molecule has 0 aromatic carbocycles. The first kappa shape index (κ1) is 78.5. The minimum Gasteiger partial charge on any atom is -0.481 e. The molecule has 0 amide bonds. The molecule has 2 saturated carbocycles. The molecule has 2 aliphatic rings. The van der Waals surface area contributed by atoms with E-state index in [2.05, 4.69) is 20.8 Å². The van der Waals surface area contributed by atoms with Gasteiger partial charge in [-0.1, -0.05) is 438 Å². The summed E-state index contributed by atoms with van der Waals surface area (Å²) in [6.07, 6.45) is 95.8. The van der Waals surface area contributed by atoms with E-state index in [0.717, 1.165) is 55.3 Å². The number of unbranched alkanes of at least 4 members (excludes halogenated alkanes) is 57. The van der Waals surface area contributed by atoms with E-state index in [9.17, 15) is 15.0 Å². The Bertz CT molecular complexity index is 1280. The number of hydrogen-bond donors (Lipinski definition) is 2. The van der Waals surface area contributed by atoms with Crippen LogP contribution in [0.4, 0.5) is 0 Å². The van der Waals surface area contributed by atoms with Crippen LogP contribution in [0.2, 0.25) is 0 Å². The number of carbonyl (C=O) groups is 1. The summed E-state index contributed by atoms with van der Waals surface area (Å²) in [5.41, 5.74) is 0. The number of aliphatic hydroxyl groups excluding tert-OH is 1. The highest BCUT2D eigenvalue weighted by Gasteiger charge is 2.39. The van der Waals surface area contributed by atoms with Gasteiger partial charge in [0.05, 0.1) is 12.0 Å². The Hall–Kier alpha value is -0.570. The van der Waals surface area contributed by atoms with Crippen LogP contribution in [0.15, 0.2) is 0 Å². The van der Waals surface area contributed by atoms with Gasteiger partial charge >= 0.3 is 5.97 Å². The van der Waals surface area contributed by atoms with Crippen LogP contribution in [0.3, 0.4) is 0 Å². The van der Waals surface area contributed by atoms with E-state index >= 15 is 0 Å². The highest BCUT2D eigenvalue weighted by Crippen LogP contribution is 2.49. The third-order valence-corrected chi connectivity index (χ3v) is 21.4. The molecule has 0 aromatic heterocycles. The average molecular weight is 1170 g/mol. The molecule has 7 atom stereocenters. The highest BCUT2D eigenvalue weighted by atomic mass is 16.4. The molecule has 0 unspecified atom stereocenters. The Labute approximate surface area is 523 Å². The molecule has 0 bridgehead atoms. The van der Waals surface area contributed by atoms with Crippen LogP contribution in [-0.2, 0) is 4.79 Å². The minimum atomic E-state index is -0.797. The average Bonchev–Trinajstić information content (AvgIpc) is 4.61. The quantitative estimate of drug-likeness (QED) is 0.0597. The molecule has 0 spiro atoms. The van der Waals surface area contributed by atoms with E-state index in [1.165, 1.54) is 379 Å². The number of rotatable bonds is 72. The number of aliphatic carboxylic acids is 1. The predicted molar refractivity (Wildman–Crippen MR) is 370 cm³/mol. The smallest absolute Gasteiger partial charge is 0.309 e. The van der Waals surface area contributed by atoms with Crippen LogP contribution in [0.5, 0.6) is 0 Å². The van der Waals surface area contributed by atoms with E-state index in [1.807, 2.05) is 0 Å². The van der Waals surface area contributed by atoms with Crippen molar-refractivity contribution in [1.29, 1.82) is 0 Å². The first-order chi connectivity index (χ1) is 41.0. The second kappa shape index (κ2) is 61.7. The molecule has 2 rings (SSSR count). The van der Waals surface area contributed by atoms with Crippen molar-refractivity contribution >= 4 is 5.97 Å². The summed E-state index contributed by atoms with van der Waals surface area (Å²) < 4.78 is 0. The van der Waals surface area contributed by atoms with Crippen LogP contribution >= 0.6 is 0 Å². The van der Waals surface area contributed by atoms with E-state index in [-0.39, 0.29) is 0 Å². The molecule has 0 aliphatic heterocycles. The summed E-state index contributed by atoms with van der Waals surface area (Å²) >= 11 is 0.